The van der Waals surface area contributed by atoms with Crippen molar-refractivity contribution in [3.63, 3.8) is 0 Å². The molecule has 3 rings (SSSR count). The lowest BCUT2D eigenvalue weighted by Gasteiger charge is -2.26. The minimum absolute atomic E-state index is 0.0494. The first kappa shape index (κ1) is 14.3. The van der Waals surface area contributed by atoms with Crippen LogP contribution in [0.3, 0.4) is 0 Å². The molecule has 1 atom stereocenters. The van der Waals surface area contributed by atoms with Crippen LogP contribution in [0.4, 0.5) is 4.39 Å². The molecule has 1 aromatic heterocycles. The number of carbonyl (C=O) groups is 2. The number of aromatic carboxylic acids is 1. The van der Waals surface area contributed by atoms with Crippen molar-refractivity contribution in [2.24, 2.45) is 0 Å². The van der Waals surface area contributed by atoms with E-state index in [1.807, 2.05) is 0 Å². The van der Waals surface area contributed by atoms with Crippen LogP contribution in [-0.4, -0.2) is 17.0 Å². The van der Waals surface area contributed by atoms with E-state index in [0.29, 0.717) is 0 Å². The fourth-order valence-corrected chi connectivity index (χ4v) is 2.74. The third kappa shape index (κ3) is 2.72. The molecule has 1 aliphatic carbocycles. The number of carboxylic acids is 1. The van der Waals surface area contributed by atoms with Gasteiger partial charge in [0.2, 0.25) is 5.76 Å². The Labute approximate surface area is 125 Å². The summed E-state index contributed by atoms with van der Waals surface area (Å²) in [6.45, 7) is 0. The Morgan fingerprint density at radius 1 is 1.23 bits per heavy atom. The molecule has 0 fully saturated rings. The molecule has 22 heavy (non-hydrogen) atoms. The largest absolute Gasteiger partial charge is 0.475 e. The zero-order valence-corrected chi connectivity index (χ0v) is 11.6. The standard InChI is InChI=1S/C16H14FNO4/c17-10-4-5-11-9(8-10)2-1-3-12(11)18-15(19)13-6-7-14(22-13)16(20)21/h4-8,12H,1-3H2,(H,18,19)(H,20,21). The van der Waals surface area contributed by atoms with E-state index in [1.54, 1.807) is 6.07 Å². The van der Waals surface area contributed by atoms with Crippen LogP contribution < -0.4 is 5.32 Å². The summed E-state index contributed by atoms with van der Waals surface area (Å²) >= 11 is 0. The Morgan fingerprint density at radius 3 is 2.73 bits per heavy atom. The second-order valence-corrected chi connectivity index (χ2v) is 5.23. The van der Waals surface area contributed by atoms with Crippen LogP contribution in [0.2, 0.25) is 0 Å². The van der Waals surface area contributed by atoms with E-state index in [0.717, 1.165) is 30.4 Å². The third-order valence-electron chi connectivity index (χ3n) is 3.77. The summed E-state index contributed by atoms with van der Waals surface area (Å²) in [7, 11) is 0. The maximum atomic E-state index is 13.3. The Bertz CT molecular complexity index is 737. The van der Waals surface area contributed by atoms with Gasteiger partial charge < -0.3 is 14.8 Å². The predicted molar refractivity (Wildman–Crippen MR) is 75.2 cm³/mol. The lowest BCUT2D eigenvalue weighted by molar-refractivity contribution is 0.0659. The molecule has 6 heteroatoms. The lowest BCUT2D eigenvalue weighted by atomic mass is 9.87. The molecule has 1 amide bonds. The van der Waals surface area contributed by atoms with E-state index in [2.05, 4.69) is 5.32 Å². The van der Waals surface area contributed by atoms with Crippen LogP contribution in [0.25, 0.3) is 0 Å². The number of aryl methyl sites for hydroxylation is 1. The molecule has 0 saturated heterocycles. The Hall–Kier alpha value is -2.63. The van der Waals surface area contributed by atoms with Crippen molar-refractivity contribution in [3.05, 3.63) is 58.8 Å². The zero-order valence-electron chi connectivity index (χ0n) is 11.6. The second-order valence-electron chi connectivity index (χ2n) is 5.23. The lowest BCUT2D eigenvalue weighted by Crippen LogP contribution is -2.30. The Balaban J connectivity index is 1.79. The molecule has 114 valence electrons. The van der Waals surface area contributed by atoms with Gasteiger partial charge in [0, 0.05) is 0 Å². The van der Waals surface area contributed by atoms with Gasteiger partial charge in [-0.25, -0.2) is 9.18 Å². The van der Waals surface area contributed by atoms with Gasteiger partial charge in [-0.2, -0.15) is 0 Å². The fourth-order valence-electron chi connectivity index (χ4n) is 2.74. The van der Waals surface area contributed by atoms with E-state index in [1.165, 1.54) is 24.3 Å². The summed E-state index contributed by atoms with van der Waals surface area (Å²) in [5.74, 6) is -2.32. The van der Waals surface area contributed by atoms with Crippen LogP contribution in [0.1, 0.15) is 51.1 Å². The van der Waals surface area contributed by atoms with Crippen LogP contribution in [0, 0.1) is 5.82 Å². The number of benzene rings is 1. The number of furan rings is 1. The number of hydrogen-bond acceptors (Lipinski definition) is 3. The average Bonchev–Trinajstić information content (AvgIpc) is 2.97. The molecular formula is C16H14FNO4. The first-order valence-corrected chi connectivity index (χ1v) is 6.97. The van der Waals surface area contributed by atoms with Crippen molar-refractivity contribution in [1.82, 2.24) is 5.32 Å². The highest BCUT2D eigenvalue weighted by Crippen LogP contribution is 2.30. The first-order chi connectivity index (χ1) is 10.5. The van der Waals surface area contributed by atoms with Gasteiger partial charge in [-0.1, -0.05) is 6.07 Å². The zero-order chi connectivity index (χ0) is 15.7. The molecule has 0 saturated carbocycles. The summed E-state index contributed by atoms with van der Waals surface area (Å²) in [4.78, 5) is 22.9. The van der Waals surface area contributed by atoms with Gasteiger partial charge >= 0.3 is 5.97 Å². The summed E-state index contributed by atoms with van der Waals surface area (Å²) in [5.41, 5.74) is 1.79. The number of fused-ring (bicyclic) bond motifs is 1. The SMILES string of the molecule is O=C(O)c1ccc(C(=O)NC2CCCc3cc(F)ccc32)o1. The van der Waals surface area contributed by atoms with Gasteiger partial charge in [0.15, 0.2) is 5.76 Å². The van der Waals surface area contributed by atoms with Crippen molar-refractivity contribution in [1.29, 1.82) is 0 Å². The molecule has 2 N–H and O–H groups in total. The second kappa shape index (κ2) is 5.63. The van der Waals surface area contributed by atoms with Gasteiger partial charge in [-0.15, -0.1) is 0 Å². The molecule has 0 spiro atoms. The maximum Gasteiger partial charge on any atom is 0.371 e. The van der Waals surface area contributed by atoms with Gasteiger partial charge in [0.05, 0.1) is 6.04 Å². The fraction of sp³-hybridized carbons (Fsp3) is 0.250. The van der Waals surface area contributed by atoms with E-state index in [9.17, 15) is 14.0 Å². The predicted octanol–water partition coefficient (Wildman–Crippen LogP) is 2.92. The monoisotopic (exact) mass is 303 g/mol. The van der Waals surface area contributed by atoms with Crippen molar-refractivity contribution in [3.8, 4) is 0 Å². The normalized spacial score (nSPS) is 16.9. The Kier molecular flexibility index (Phi) is 3.66. The minimum Gasteiger partial charge on any atom is -0.475 e. The molecule has 2 aromatic rings. The number of carbonyl (C=O) groups excluding carboxylic acids is 1. The summed E-state index contributed by atoms with van der Waals surface area (Å²) in [6, 6.07) is 6.88. The number of amides is 1. The van der Waals surface area contributed by atoms with Crippen molar-refractivity contribution < 1.29 is 23.5 Å². The van der Waals surface area contributed by atoms with Crippen molar-refractivity contribution in [2.75, 3.05) is 0 Å². The van der Waals surface area contributed by atoms with Crippen molar-refractivity contribution >= 4 is 11.9 Å². The number of nitrogens with one attached hydrogen (secondary N) is 1. The molecular weight excluding hydrogens is 289 g/mol. The first-order valence-electron chi connectivity index (χ1n) is 6.97. The molecule has 0 aliphatic heterocycles. The average molecular weight is 303 g/mol. The van der Waals surface area contributed by atoms with Gasteiger partial charge in [0.1, 0.15) is 5.82 Å². The van der Waals surface area contributed by atoms with E-state index >= 15 is 0 Å². The van der Waals surface area contributed by atoms with Crippen LogP contribution in [-0.2, 0) is 6.42 Å². The molecule has 1 unspecified atom stereocenters. The molecule has 1 heterocycles. The van der Waals surface area contributed by atoms with Gasteiger partial charge in [-0.3, -0.25) is 4.79 Å². The van der Waals surface area contributed by atoms with E-state index in [4.69, 9.17) is 9.52 Å². The third-order valence-corrected chi connectivity index (χ3v) is 3.77. The van der Waals surface area contributed by atoms with Crippen LogP contribution in [0.15, 0.2) is 34.7 Å². The number of carboxylic acid groups (broad SMARTS) is 1. The van der Waals surface area contributed by atoms with Crippen molar-refractivity contribution in [2.45, 2.75) is 25.3 Å². The number of halogens is 1. The number of rotatable bonds is 3. The highest BCUT2D eigenvalue weighted by atomic mass is 19.1. The maximum absolute atomic E-state index is 13.3. The molecule has 1 aromatic carbocycles. The Morgan fingerprint density at radius 2 is 2.00 bits per heavy atom. The quantitative estimate of drug-likeness (QED) is 0.913. The molecule has 5 nitrogen and oxygen atoms in total. The smallest absolute Gasteiger partial charge is 0.371 e. The highest BCUT2D eigenvalue weighted by molar-refractivity contribution is 5.93. The number of hydrogen-bond donors (Lipinski definition) is 2. The molecule has 1 aliphatic rings. The summed E-state index contributed by atoms with van der Waals surface area (Å²) in [6.07, 6.45) is 2.38. The highest BCUT2D eigenvalue weighted by Gasteiger charge is 2.24. The summed E-state index contributed by atoms with van der Waals surface area (Å²) < 4.78 is 18.3. The van der Waals surface area contributed by atoms with Crippen LogP contribution >= 0.6 is 0 Å². The van der Waals surface area contributed by atoms with E-state index in [-0.39, 0.29) is 23.4 Å². The minimum atomic E-state index is -1.22. The molecule has 0 bridgehead atoms. The molecule has 0 radical (unpaired) electrons. The van der Waals surface area contributed by atoms with E-state index < -0.39 is 11.9 Å². The summed E-state index contributed by atoms with van der Waals surface area (Å²) in [5, 5.41) is 11.6. The van der Waals surface area contributed by atoms with Gasteiger partial charge in [-0.05, 0) is 54.7 Å². The van der Waals surface area contributed by atoms with Gasteiger partial charge in [0.25, 0.3) is 5.91 Å². The topological polar surface area (TPSA) is 79.5 Å². The van der Waals surface area contributed by atoms with Crippen LogP contribution in [0.5, 0.6) is 0 Å².